The zero-order valence-corrected chi connectivity index (χ0v) is 32.4. The summed E-state index contributed by atoms with van der Waals surface area (Å²) in [5, 5.41) is 13.8. The van der Waals surface area contributed by atoms with Gasteiger partial charge in [0.25, 0.3) is 0 Å². The summed E-state index contributed by atoms with van der Waals surface area (Å²) in [6, 6.07) is 34.2. The predicted molar refractivity (Wildman–Crippen MR) is 202 cm³/mol. The monoisotopic (exact) mass is 837 g/mol. The lowest BCUT2D eigenvalue weighted by Gasteiger charge is -2.44. The van der Waals surface area contributed by atoms with Gasteiger partial charge in [0, 0.05) is 0 Å². The summed E-state index contributed by atoms with van der Waals surface area (Å²) in [4.78, 5) is 25.7. The lowest BCUT2D eigenvalue weighted by Crippen LogP contribution is -2.65. The number of carbonyl (C=O) groups is 2. The molecule has 0 aliphatic carbocycles. The maximum atomic E-state index is 14.7. The number of carbonyl (C=O) groups excluding carboxylic acids is 2. The van der Waals surface area contributed by atoms with Crippen LogP contribution in [-0.2, 0) is 68.2 Å². The molecule has 1 fully saturated rings. The van der Waals surface area contributed by atoms with E-state index in [0.717, 1.165) is 0 Å². The summed E-state index contributed by atoms with van der Waals surface area (Å²) in [5.74, 6) is 0. The molecule has 0 aromatic heterocycles. The third-order valence-corrected chi connectivity index (χ3v) is 9.60. The minimum Gasteiger partial charge on any atom is -0.445 e. The van der Waals surface area contributed by atoms with E-state index in [9.17, 15) is 19.3 Å². The highest BCUT2D eigenvalue weighted by Crippen LogP contribution is 2.54. The molecule has 0 saturated carbocycles. The van der Waals surface area contributed by atoms with Crippen molar-refractivity contribution in [2.24, 2.45) is 0 Å². The van der Waals surface area contributed by atoms with Crippen molar-refractivity contribution in [3.8, 4) is 0 Å². The fourth-order valence-corrected chi connectivity index (χ4v) is 6.76. The Morgan fingerprint density at radius 2 is 1.15 bits per heavy atom. The van der Waals surface area contributed by atoms with E-state index in [0.29, 0.717) is 22.3 Å². The van der Waals surface area contributed by atoms with E-state index in [-0.39, 0.29) is 26.4 Å². The van der Waals surface area contributed by atoms with Gasteiger partial charge in [-0.3, -0.25) is 13.6 Å². The molecule has 1 aliphatic heterocycles. The van der Waals surface area contributed by atoms with Gasteiger partial charge in [-0.25, -0.2) is 14.2 Å². The molecule has 13 nitrogen and oxygen atoms in total. The quantitative estimate of drug-likeness (QED) is 0.0600. The number of rotatable bonds is 17. The van der Waals surface area contributed by atoms with Crippen LogP contribution in [0.4, 0.5) is 9.59 Å². The van der Waals surface area contributed by atoms with E-state index in [4.69, 9.17) is 72.1 Å². The second-order valence-electron chi connectivity index (χ2n) is 12.1. The van der Waals surface area contributed by atoms with E-state index in [1.165, 1.54) is 0 Å². The first kappa shape index (κ1) is 42.4. The number of alkyl halides is 3. The maximum absolute atomic E-state index is 14.7. The van der Waals surface area contributed by atoms with E-state index in [2.05, 4.69) is 5.32 Å². The lowest BCUT2D eigenvalue weighted by atomic mass is 9.96. The molecule has 5 atom stereocenters. The fourth-order valence-electron chi connectivity index (χ4n) is 5.24. The highest BCUT2D eigenvalue weighted by Gasteiger charge is 2.52. The van der Waals surface area contributed by atoms with Crippen LogP contribution in [0.15, 0.2) is 121 Å². The van der Waals surface area contributed by atoms with Gasteiger partial charge in [-0.15, -0.1) is 0 Å². The highest BCUT2D eigenvalue weighted by molar-refractivity contribution is 7.48. The fraction of sp³-hybridized carbons (Fsp3) is 0.316. The van der Waals surface area contributed by atoms with Crippen molar-refractivity contribution in [1.29, 1.82) is 0 Å². The first-order valence-corrected chi connectivity index (χ1v) is 19.5. The Labute approximate surface area is 333 Å². The Morgan fingerprint density at radius 1 is 0.673 bits per heavy atom. The van der Waals surface area contributed by atoms with Crippen LogP contribution in [0.3, 0.4) is 0 Å². The molecule has 5 rings (SSSR count). The van der Waals surface area contributed by atoms with Crippen molar-refractivity contribution in [1.82, 2.24) is 5.32 Å². The van der Waals surface area contributed by atoms with Crippen molar-refractivity contribution >= 4 is 54.9 Å². The largest absolute Gasteiger partial charge is 0.508 e. The van der Waals surface area contributed by atoms with Gasteiger partial charge >= 0.3 is 20.1 Å². The number of hydrogen-bond acceptors (Lipinski definition) is 12. The average molecular weight is 839 g/mol. The van der Waals surface area contributed by atoms with Crippen molar-refractivity contribution in [2.45, 2.75) is 60.9 Å². The highest BCUT2D eigenvalue weighted by atomic mass is 35.6. The summed E-state index contributed by atoms with van der Waals surface area (Å²) in [6.07, 6.45) is -8.33. The van der Waals surface area contributed by atoms with Crippen molar-refractivity contribution < 1.29 is 56.5 Å². The Kier molecular flexibility index (Phi) is 16.2. The Hall–Kier alpha value is -3.72. The molecule has 1 saturated heterocycles. The molecule has 1 heterocycles. The number of alkyl carbamates (subject to hydrolysis) is 1. The smallest absolute Gasteiger partial charge is 0.445 e. The van der Waals surface area contributed by atoms with E-state index < -0.39 is 67.7 Å². The molecule has 2 N–H and O–H groups in total. The van der Waals surface area contributed by atoms with Gasteiger partial charge in [0.2, 0.25) is 3.79 Å². The molecule has 55 heavy (non-hydrogen) atoms. The van der Waals surface area contributed by atoms with Crippen LogP contribution >= 0.6 is 42.6 Å². The summed E-state index contributed by atoms with van der Waals surface area (Å²) in [7, 11) is -4.61. The van der Waals surface area contributed by atoms with Gasteiger partial charge in [0.15, 0.2) is 6.29 Å². The van der Waals surface area contributed by atoms with Crippen molar-refractivity contribution in [3.63, 3.8) is 0 Å². The number of phosphoric ester groups is 1. The van der Waals surface area contributed by atoms with Crippen molar-refractivity contribution in [3.05, 3.63) is 144 Å². The number of phosphoric acid groups is 1. The van der Waals surface area contributed by atoms with Crippen LogP contribution in [0.25, 0.3) is 0 Å². The number of hydrogen-bond donors (Lipinski definition) is 2. The van der Waals surface area contributed by atoms with Gasteiger partial charge < -0.3 is 34.1 Å². The summed E-state index contributed by atoms with van der Waals surface area (Å²) < 4.78 is 58.6. The molecular formula is C38H39Cl3NO12P. The molecule has 0 spiro atoms. The van der Waals surface area contributed by atoms with Gasteiger partial charge in [-0.05, 0) is 22.3 Å². The van der Waals surface area contributed by atoms with Crippen LogP contribution in [0.2, 0.25) is 0 Å². The van der Waals surface area contributed by atoms with Gasteiger partial charge in [-0.2, -0.15) is 0 Å². The molecule has 17 heteroatoms. The first-order valence-electron chi connectivity index (χ1n) is 16.9. The van der Waals surface area contributed by atoms with Crippen molar-refractivity contribution in [2.75, 3.05) is 13.2 Å². The van der Waals surface area contributed by atoms with Gasteiger partial charge in [0.1, 0.15) is 44.2 Å². The van der Waals surface area contributed by atoms with E-state index in [1.54, 1.807) is 97.1 Å². The number of aliphatic hydroxyl groups excluding tert-OH is 1. The van der Waals surface area contributed by atoms with Crippen LogP contribution in [0.5, 0.6) is 0 Å². The van der Waals surface area contributed by atoms with Crippen LogP contribution in [-0.4, -0.2) is 65.0 Å². The molecular weight excluding hydrogens is 800 g/mol. The summed E-state index contributed by atoms with van der Waals surface area (Å²) in [5.41, 5.74) is 2.71. The summed E-state index contributed by atoms with van der Waals surface area (Å²) >= 11 is 17.3. The number of nitrogens with one attached hydrogen (secondary N) is 1. The van der Waals surface area contributed by atoms with Crippen LogP contribution < -0.4 is 5.32 Å². The lowest BCUT2D eigenvalue weighted by molar-refractivity contribution is -0.261. The van der Waals surface area contributed by atoms with Crippen LogP contribution in [0, 0.1) is 0 Å². The van der Waals surface area contributed by atoms with Crippen LogP contribution in [0.1, 0.15) is 22.3 Å². The molecule has 1 amide bonds. The second-order valence-corrected chi connectivity index (χ2v) is 16.2. The predicted octanol–water partition coefficient (Wildman–Crippen LogP) is 8.03. The molecule has 294 valence electrons. The third kappa shape index (κ3) is 14.4. The van der Waals surface area contributed by atoms with E-state index in [1.807, 2.05) is 24.3 Å². The molecule has 1 unspecified atom stereocenters. The minimum absolute atomic E-state index is 0.0886. The number of amides is 1. The minimum atomic E-state index is -4.61. The molecule has 4 aromatic rings. The zero-order chi connectivity index (χ0) is 39.1. The Morgan fingerprint density at radius 3 is 1.64 bits per heavy atom. The van der Waals surface area contributed by atoms with E-state index >= 15 is 0 Å². The maximum Gasteiger partial charge on any atom is 0.508 e. The average Bonchev–Trinajstić information content (AvgIpc) is 3.19. The molecule has 1 aliphatic rings. The standard InChI is InChI=1S/C38H39Cl3NO12P/c39-38(40,41)26-50-36(44)42-32-34(47-21-27-13-5-1-6-14-27)33(31(53-35(32)43)25-49-37(45)48-22-28-15-7-2-8-16-28)54-55(46,51-23-29-17-9-3-10-18-29)52-24-30-19-11-4-12-20-30/h1-20,31-35,43H,21-26H2,(H,42,44)/t31-,32-,33-,34-,35?/m1/s1. The number of ether oxygens (including phenoxy) is 5. The molecule has 0 radical (unpaired) electrons. The van der Waals surface area contributed by atoms with Gasteiger partial charge in [0.05, 0.1) is 19.8 Å². The summed E-state index contributed by atoms with van der Waals surface area (Å²) in [6.45, 7) is -1.81. The number of halogens is 3. The SMILES string of the molecule is O=C(N[C@H]1C(O)O[C@H](COC(=O)OCc2ccccc2)[C@@H](OP(=O)(OCc2ccccc2)OCc2ccccc2)[C@@H]1OCc1ccccc1)OCC(Cl)(Cl)Cl. The first-order chi connectivity index (χ1) is 26.5. The molecule has 0 bridgehead atoms. The Balaban J connectivity index is 1.45. The molecule has 4 aromatic carbocycles. The van der Waals surface area contributed by atoms with Gasteiger partial charge in [-0.1, -0.05) is 156 Å². The normalized spacial score (nSPS) is 20.0. The number of benzene rings is 4. The number of aliphatic hydroxyl groups is 1. The zero-order valence-electron chi connectivity index (χ0n) is 29.2. The Bertz CT molecular complexity index is 1760. The second kappa shape index (κ2) is 21.0. The topological polar surface area (TPSA) is 157 Å². The third-order valence-electron chi connectivity index (χ3n) is 7.88.